The number of fused-ring (bicyclic) bond motifs is 1. The van der Waals surface area contributed by atoms with Crippen LogP contribution in [0, 0.1) is 0 Å². The molecule has 0 atom stereocenters. The molecule has 0 saturated carbocycles. The van der Waals surface area contributed by atoms with Gasteiger partial charge in [-0.1, -0.05) is 0 Å². The highest BCUT2D eigenvalue weighted by molar-refractivity contribution is 6.00. The van der Waals surface area contributed by atoms with E-state index in [0.29, 0.717) is 31.6 Å². The molecular weight excluding hydrogens is 372 g/mol. The molecule has 150 valence electrons. The zero-order valence-corrected chi connectivity index (χ0v) is 15.1. The zero-order valence-electron chi connectivity index (χ0n) is 15.1. The molecule has 0 bridgehead atoms. The fourth-order valence-corrected chi connectivity index (χ4v) is 3.20. The smallest absolute Gasteiger partial charge is 0.407 e. The first-order valence-corrected chi connectivity index (χ1v) is 8.57. The van der Waals surface area contributed by atoms with Crippen molar-refractivity contribution >= 4 is 23.6 Å². The molecule has 0 aromatic carbocycles. The highest BCUT2D eigenvalue weighted by Gasteiger charge is 2.26. The molecule has 3 rings (SSSR count). The number of H-pyrrole nitrogens is 1. The Kier molecular flexibility index (Phi) is 5.59. The van der Waals surface area contributed by atoms with Gasteiger partial charge in [0.25, 0.3) is 17.4 Å². The maximum atomic E-state index is 12.3. The maximum Gasteiger partial charge on any atom is 0.407 e. The second-order valence-corrected chi connectivity index (χ2v) is 6.36. The molecule has 1 fully saturated rings. The quantitative estimate of drug-likeness (QED) is 0.500. The molecule has 3 heterocycles. The highest BCUT2D eigenvalue weighted by atomic mass is 16.5. The first-order valence-electron chi connectivity index (χ1n) is 8.57. The van der Waals surface area contributed by atoms with E-state index in [1.165, 1.54) is 28.8 Å². The van der Waals surface area contributed by atoms with E-state index in [0.717, 1.165) is 0 Å². The van der Waals surface area contributed by atoms with Crippen LogP contribution in [0.3, 0.4) is 0 Å². The summed E-state index contributed by atoms with van der Waals surface area (Å²) in [6.45, 7) is 0.494. The fourth-order valence-electron chi connectivity index (χ4n) is 3.20. The van der Waals surface area contributed by atoms with Crippen LogP contribution >= 0.6 is 0 Å². The zero-order chi connectivity index (χ0) is 20.3. The molecule has 0 aliphatic carbocycles. The number of hydrogen-bond acceptors (Lipinski definition) is 6. The van der Waals surface area contributed by atoms with E-state index < -0.39 is 23.5 Å². The number of nitrogens with one attached hydrogen (secondary N) is 3. The van der Waals surface area contributed by atoms with Crippen molar-refractivity contribution in [2.24, 2.45) is 0 Å². The lowest BCUT2D eigenvalue weighted by atomic mass is 9.93. The number of aromatic amines is 1. The number of carbonyl (C=O) groups is 3. The third-order valence-corrected chi connectivity index (χ3v) is 4.55. The van der Waals surface area contributed by atoms with Crippen LogP contribution < -0.4 is 16.4 Å². The number of aromatic nitrogens is 3. The normalized spacial score (nSPS) is 14.8. The standard InChI is InChI=1S/C16H20N6O6/c1-28-8-13(24)19-20-15(25)10-7-17-22-11(6-12(23)18-14(10)22)9-2-4-21(5-3-9)16(26)27/h6-7,9H,2-5,8H2,1H3,(H,18,23)(H,19,24)(H,20,25)(H,26,27). The number of carbonyl (C=O) groups excluding carboxylic acids is 2. The van der Waals surface area contributed by atoms with Crippen LogP contribution in [-0.2, 0) is 9.53 Å². The van der Waals surface area contributed by atoms with Gasteiger partial charge in [0.15, 0.2) is 0 Å². The SMILES string of the molecule is COCC(=O)NNC(=O)c1cnn2c(C3CCN(C(=O)O)CC3)cc(=O)[nH]c12. The highest BCUT2D eigenvalue weighted by Crippen LogP contribution is 2.27. The fraction of sp³-hybridized carbons (Fsp3) is 0.438. The first-order chi connectivity index (χ1) is 13.4. The number of piperidine rings is 1. The summed E-state index contributed by atoms with van der Waals surface area (Å²) in [6.07, 6.45) is 1.40. The van der Waals surface area contributed by atoms with Gasteiger partial charge >= 0.3 is 6.09 Å². The Morgan fingerprint density at radius 2 is 2.04 bits per heavy atom. The first kappa shape index (κ1) is 19.4. The monoisotopic (exact) mass is 392 g/mol. The average molecular weight is 392 g/mol. The van der Waals surface area contributed by atoms with Crippen molar-refractivity contribution in [3.8, 4) is 0 Å². The largest absolute Gasteiger partial charge is 0.465 e. The number of nitrogens with zero attached hydrogens (tertiary/aromatic N) is 3. The van der Waals surface area contributed by atoms with Crippen LogP contribution in [0.15, 0.2) is 17.1 Å². The summed E-state index contributed by atoms with van der Waals surface area (Å²) in [5, 5.41) is 13.3. The van der Waals surface area contributed by atoms with Crippen molar-refractivity contribution in [1.29, 1.82) is 0 Å². The predicted molar refractivity (Wildman–Crippen MR) is 94.9 cm³/mol. The summed E-state index contributed by atoms with van der Waals surface area (Å²) >= 11 is 0. The lowest BCUT2D eigenvalue weighted by Crippen LogP contribution is -2.43. The molecule has 28 heavy (non-hydrogen) atoms. The van der Waals surface area contributed by atoms with Crippen molar-refractivity contribution in [2.75, 3.05) is 26.8 Å². The number of hydrogen-bond donors (Lipinski definition) is 4. The molecule has 0 spiro atoms. The van der Waals surface area contributed by atoms with E-state index in [9.17, 15) is 19.2 Å². The number of rotatable bonds is 4. The Hall–Kier alpha value is -3.41. The number of methoxy groups -OCH3 is 1. The molecular formula is C16H20N6O6. The molecule has 12 nitrogen and oxygen atoms in total. The topological polar surface area (TPSA) is 158 Å². The average Bonchev–Trinajstić information content (AvgIpc) is 3.09. The van der Waals surface area contributed by atoms with Crippen molar-refractivity contribution < 1.29 is 24.2 Å². The Balaban J connectivity index is 1.83. The van der Waals surface area contributed by atoms with Gasteiger partial charge in [-0.05, 0) is 12.8 Å². The molecule has 1 aliphatic heterocycles. The summed E-state index contributed by atoms with van der Waals surface area (Å²) in [4.78, 5) is 50.8. The van der Waals surface area contributed by atoms with Crippen LogP contribution in [0.1, 0.15) is 34.8 Å². The molecule has 2 aromatic heterocycles. The molecule has 1 saturated heterocycles. The molecule has 0 unspecified atom stereocenters. The second-order valence-electron chi connectivity index (χ2n) is 6.36. The lowest BCUT2D eigenvalue weighted by Gasteiger charge is -2.30. The Bertz CT molecular complexity index is 958. The van der Waals surface area contributed by atoms with Gasteiger partial charge in [0.05, 0.1) is 11.9 Å². The van der Waals surface area contributed by atoms with Gasteiger partial charge in [-0.15, -0.1) is 0 Å². The van der Waals surface area contributed by atoms with E-state index in [2.05, 4.69) is 25.7 Å². The van der Waals surface area contributed by atoms with E-state index in [1.54, 1.807) is 0 Å². The molecule has 2 aromatic rings. The maximum absolute atomic E-state index is 12.3. The Labute approximate surface area is 158 Å². The summed E-state index contributed by atoms with van der Waals surface area (Å²) < 4.78 is 6.12. The molecule has 12 heteroatoms. The summed E-state index contributed by atoms with van der Waals surface area (Å²) in [7, 11) is 1.35. The van der Waals surface area contributed by atoms with E-state index in [4.69, 9.17) is 5.11 Å². The summed E-state index contributed by atoms with van der Waals surface area (Å²) in [6, 6.07) is 1.41. The molecule has 3 amide bonds. The van der Waals surface area contributed by atoms with Gasteiger partial charge in [0.1, 0.15) is 17.8 Å². The van der Waals surface area contributed by atoms with E-state index in [-0.39, 0.29) is 23.7 Å². The molecule has 1 aliphatic rings. The summed E-state index contributed by atoms with van der Waals surface area (Å²) in [5.41, 5.74) is 4.90. The molecule has 0 radical (unpaired) electrons. The lowest BCUT2D eigenvalue weighted by molar-refractivity contribution is -0.125. The second kappa shape index (κ2) is 8.08. The van der Waals surface area contributed by atoms with E-state index in [1.807, 2.05) is 0 Å². The van der Waals surface area contributed by atoms with Crippen LogP contribution in [0.2, 0.25) is 0 Å². The van der Waals surface area contributed by atoms with Crippen LogP contribution in [0.4, 0.5) is 4.79 Å². The van der Waals surface area contributed by atoms with Crippen molar-refractivity contribution in [3.63, 3.8) is 0 Å². The van der Waals surface area contributed by atoms with Crippen molar-refractivity contribution in [3.05, 3.63) is 33.9 Å². The molecule has 4 N–H and O–H groups in total. The predicted octanol–water partition coefficient (Wildman–Crippen LogP) is -0.713. The number of carboxylic acid groups (broad SMARTS) is 1. The third kappa shape index (κ3) is 3.96. The van der Waals surface area contributed by atoms with Gasteiger partial charge in [0, 0.05) is 32.2 Å². The number of ether oxygens (including phenoxy) is 1. The minimum atomic E-state index is -0.969. The van der Waals surface area contributed by atoms with Crippen LogP contribution in [0.25, 0.3) is 5.65 Å². The Morgan fingerprint density at radius 3 is 2.68 bits per heavy atom. The van der Waals surface area contributed by atoms with Gasteiger partial charge < -0.3 is 19.7 Å². The van der Waals surface area contributed by atoms with Gasteiger partial charge in [-0.25, -0.2) is 9.31 Å². The number of amides is 3. The van der Waals surface area contributed by atoms with Crippen LogP contribution in [0.5, 0.6) is 0 Å². The Morgan fingerprint density at radius 1 is 1.32 bits per heavy atom. The third-order valence-electron chi connectivity index (χ3n) is 4.55. The minimum absolute atomic E-state index is 0.0717. The summed E-state index contributed by atoms with van der Waals surface area (Å²) in [5.74, 6) is -1.25. The minimum Gasteiger partial charge on any atom is -0.465 e. The van der Waals surface area contributed by atoms with Gasteiger partial charge in [0.2, 0.25) is 0 Å². The van der Waals surface area contributed by atoms with Crippen molar-refractivity contribution in [1.82, 2.24) is 30.3 Å². The van der Waals surface area contributed by atoms with E-state index >= 15 is 0 Å². The number of hydrazine groups is 1. The van der Waals surface area contributed by atoms with Crippen LogP contribution in [-0.4, -0.2) is 69.3 Å². The van der Waals surface area contributed by atoms with Crippen molar-refractivity contribution in [2.45, 2.75) is 18.8 Å². The number of likely N-dealkylation sites (tertiary alicyclic amines) is 1. The van der Waals surface area contributed by atoms with Gasteiger partial charge in [-0.3, -0.25) is 25.2 Å². The van der Waals surface area contributed by atoms with Gasteiger partial charge in [-0.2, -0.15) is 5.10 Å².